The number of rotatable bonds is 6. The first-order valence-electron chi connectivity index (χ1n) is 12.0. The van der Waals surface area contributed by atoms with Crippen LogP contribution < -0.4 is 0 Å². The number of aromatic nitrogens is 4. The molecule has 3 aromatic carbocycles. The van der Waals surface area contributed by atoms with Crippen LogP contribution in [0.4, 0.5) is 0 Å². The van der Waals surface area contributed by atoms with Gasteiger partial charge in [0, 0.05) is 20.7 Å². The summed E-state index contributed by atoms with van der Waals surface area (Å²) < 4.78 is 9.61. The van der Waals surface area contributed by atoms with Crippen LogP contribution in [0, 0.1) is 6.92 Å². The van der Waals surface area contributed by atoms with Gasteiger partial charge >= 0.3 is 0 Å². The second kappa shape index (κ2) is 9.02. The van der Waals surface area contributed by atoms with Crippen molar-refractivity contribution >= 4 is 27.5 Å². The lowest BCUT2D eigenvalue weighted by Crippen LogP contribution is -2.08. The van der Waals surface area contributed by atoms with Crippen LogP contribution in [-0.4, -0.2) is 19.7 Å². The molecule has 1 aliphatic carbocycles. The Hall–Kier alpha value is -3.22. The highest BCUT2D eigenvalue weighted by Gasteiger charge is 2.51. The minimum absolute atomic E-state index is 0.241. The third-order valence-electron chi connectivity index (χ3n) is 6.96. The molecule has 1 fully saturated rings. The van der Waals surface area contributed by atoms with Gasteiger partial charge in [-0.1, -0.05) is 70.9 Å². The molecule has 0 N–H and O–H groups in total. The van der Waals surface area contributed by atoms with Crippen LogP contribution in [-0.2, 0) is 11.8 Å². The zero-order chi connectivity index (χ0) is 24.9. The van der Waals surface area contributed by atoms with Gasteiger partial charge in [0.2, 0.25) is 5.89 Å². The molecule has 0 unspecified atom stereocenters. The summed E-state index contributed by atoms with van der Waals surface area (Å²) in [5.74, 6) is 1.95. The van der Waals surface area contributed by atoms with E-state index in [0.29, 0.717) is 11.8 Å². The van der Waals surface area contributed by atoms with Gasteiger partial charge in [-0.3, -0.25) is 4.57 Å². The normalized spacial score (nSPS) is 14.2. The van der Waals surface area contributed by atoms with Gasteiger partial charge in [-0.25, -0.2) is 4.98 Å². The maximum absolute atomic E-state index is 6.38. The first kappa shape index (κ1) is 23.2. The molecule has 2 aromatic heterocycles. The summed E-state index contributed by atoms with van der Waals surface area (Å²) in [6.45, 7) is 4.24. The van der Waals surface area contributed by atoms with Crippen LogP contribution in [0.3, 0.4) is 0 Å². The Morgan fingerprint density at radius 2 is 1.69 bits per heavy atom. The Morgan fingerprint density at radius 3 is 2.36 bits per heavy atom. The van der Waals surface area contributed by atoms with Crippen molar-refractivity contribution in [2.75, 3.05) is 0 Å². The van der Waals surface area contributed by atoms with E-state index in [1.54, 1.807) is 0 Å². The SMILES string of the molecule is CCc1c(-c2nnc(C3(c4ccc(Cl)cc4)CC3)o2)nc(-c2ccccc2C)n1-c1ccc(Br)cc1. The topological polar surface area (TPSA) is 56.7 Å². The number of aryl methyl sites for hydroxylation is 1. The Balaban J connectivity index is 1.50. The molecule has 6 rings (SSSR count). The predicted octanol–water partition coefficient (Wildman–Crippen LogP) is 7.96. The average Bonchev–Trinajstić information content (AvgIpc) is 3.38. The van der Waals surface area contributed by atoms with Crippen molar-refractivity contribution < 1.29 is 4.42 Å². The number of nitrogens with zero attached hydrogens (tertiary/aromatic N) is 4. The van der Waals surface area contributed by atoms with Crippen molar-refractivity contribution in [3.8, 4) is 28.7 Å². The molecule has 5 nitrogen and oxygen atoms in total. The van der Waals surface area contributed by atoms with E-state index in [4.69, 9.17) is 21.0 Å². The summed E-state index contributed by atoms with van der Waals surface area (Å²) in [6.07, 6.45) is 2.70. The Kier molecular flexibility index (Phi) is 5.81. The molecule has 0 aliphatic heterocycles. The lowest BCUT2D eigenvalue weighted by molar-refractivity contribution is 0.471. The Bertz CT molecular complexity index is 1550. The molecule has 0 atom stereocenters. The van der Waals surface area contributed by atoms with Gasteiger partial charge in [0.15, 0.2) is 0 Å². The third-order valence-corrected chi connectivity index (χ3v) is 7.74. The van der Waals surface area contributed by atoms with E-state index >= 15 is 0 Å². The van der Waals surface area contributed by atoms with Crippen molar-refractivity contribution in [2.24, 2.45) is 0 Å². The summed E-state index contributed by atoms with van der Waals surface area (Å²) in [5, 5.41) is 9.72. The summed E-state index contributed by atoms with van der Waals surface area (Å²) in [5.41, 5.74) is 5.92. The molecular formula is C29H24BrClN4O. The summed E-state index contributed by atoms with van der Waals surface area (Å²) in [4.78, 5) is 5.12. The van der Waals surface area contributed by atoms with Gasteiger partial charge in [-0.15, -0.1) is 10.2 Å². The fraction of sp³-hybridized carbons (Fsp3) is 0.207. The molecule has 36 heavy (non-hydrogen) atoms. The largest absolute Gasteiger partial charge is 0.418 e. The van der Waals surface area contributed by atoms with Crippen molar-refractivity contribution in [2.45, 2.75) is 38.5 Å². The maximum Gasteiger partial charge on any atom is 0.268 e. The van der Waals surface area contributed by atoms with Gasteiger partial charge < -0.3 is 4.42 Å². The third kappa shape index (κ3) is 3.89. The van der Waals surface area contributed by atoms with E-state index < -0.39 is 0 Å². The minimum Gasteiger partial charge on any atom is -0.418 e. The highest BCUT2D eigenvalue weighted by atomic mass is 79.9. The zero-order valence-electron chi connectivity index (χ0n) is 20.0. The van der Waals surface area contributed by atoms with Gasteiger partial charge in [0.05, 0.1) is 11.1 Å². The van der Waals surface area contributed by atoms with Crippen LogP contribution in [0.1, 0.15) is 42.5 Å². The number of imidazole rings is 1. The van der Waals surface area contributed by atoms with E-state index in [1.807, 2.05) is 36.4 Å². The van der Waals surface area contributed by atoms with Crippen LogP contribution in [0.15, 0.2) is 81.7 Å². The van der Waals surface area contributed by atoms with Gasteiger partial charge in [-0.05, 0) is 73.7 Å². The van der Waals surface area contributed by atoms with E-state index in [2.05, 4.69) is 80.9 Å². The molecule has 0 saturated heterocycles. The molecule has 1 saturated carbocycles. The van der Waals surface area contributed by atoms with E-state index in [0.717, 1.165) is 68.3 Å². The fourth-order valence-corrected chi connectivity index (χ4v) is 5.25. The van der Waals surface area contributed by atoms with Crippen molar-refractivity contribution in [3.63, 3.8) is 0 Å². The van der Waals surface area contributed by atoms with Crippen LogP contribution in [0.5, 0.6) is 0 Å². The zero-order valence-corrected chi connectivity index (χ0v) is 22.3. The smallest absolute Gasteiger partial charge is 0.268 e. The summed E-state index contributed by atoms with van der Waals surface area (Å²) in [6, 6.07) is 24.5. The van der Waals surface area contributed by atoms with Crippen LogP contribution in [0.2, 0.25) is 5.02 Å². The monoisotopic (exact) mass is 558 g/mol. The van der Waals surface area contributed by atoms with Crippen LogP contribution in [0.25, 0.3) is 28.7 Å². The number of halogens is 2. The number of hydrogen-bond donors (Lipinski definition) is 0. The van der Waals surface area contributed by atoms with E-state index in [-0.39, 0.29) is 5.41 Å². The quantitative estimate of drug-likeness (QED) is 0.212. The average molecular weight is 560 g/mol. The Morgan fingerprint density at radius 1 is 0.972 bits per heavy atom. The van der Waals surface area contributed by atoms with E-state index in [9.17, 15) is 0 Å². The fourth-order valence-electron chi connectivity index (χ4n) is 4.86. The number of hydrogen-bond acceptors (Lipinski definition) is 4. The van der Waals surface area contributed by atoms with Crippen molar-refractivity contribution in [3.05, 3.63) is 105 Å². The minimum atomic E-state index is -0.241. The first-order chi connectivity index (χ1) is 17.5. The van der Waals surface area contributed by atoms with Crippen molar-refractivity contribution in [1.82, 2.24) is 19.7 Å². The molecule has 0 bridgehead atoms. The second-order valence-corrected chi connectivity index (χ2v) is 10.6. The molecule has 2 heterocycles. The van der Waals surface area contributed by atoms with Crippen molar-refractivity contribution in [1.29, 1.82) is 0 Å². The van der Waals surface area contributed by atoms with Gasteiger partial charge in [0.1, 0.15) is 11.5 Å². The summed E-state index contributed by atoms with van der Waals surface area (Å²) in [7, 11) is 0. The van der Waals surface area contributed by atoms with Crippen LogP contribution >= 0.6 is 27.5 Å². The molecule has 0 amide bonds. The first-order valence-corrected chi connectivity index (χ1v) is 13.2. The maximum atomic E-state index is 6.38. The lowest BCUT2D eigenvalue weighted by atomic mass is 9.96. The Labute approximate surface area is 223 Å². The van der Waals surface area contributed by atoms with Gasteiger partial charge in [-0.2, -0.15) is 0 Å². The highest BCUT2D eigenvalue weighted by Crippen LogP contribution is 2.53. The number of benzene rings is 3. The molecule has 1 aliphatic rings. The molecule has 180 valence electrons. The lowest BCUT2D eigenvalue weighted by Gasteiger charge is -2.13. The molecule has 5 aromatic rings. The predicted molar refractivity (Wildman–Crippen MR) is 146 cm³/mol. The second-order valence-electron chi connectivity index (χ2n) is 9.21. The molecular weight excluding hydrogens is 536 g/mol. The molecule has 0 spiro atoms. The molecule has 0 radical (unpaired) electrons. The molecule has 7 heteroatoms. The highest BCUT2D eigenvalue weighted by molar-refractivity contribution is 9.10. The standard InChI is InChI=1S/C29H24BrClN4O/c1-3-24-25(27-33-34-28(36-27)29(16-17-29)19-8-12-21(31)13-9-19)32-26(23-7-5-4-6-18(23)2)35(24)22-14-10-20(30)11-15-22/h4-15H,3,16-17H2,1-2H3. The van der Waals surface area contributed by atoms with Gasteiger partial charge in [0.25, 0.3) is 5.89 Å². The van der Waals surface area contributed by atoms with E-state index in [1.165, 1.54) is 0 Å². The summed E-state index contributed by atoms with van der Waals surface area (Å²) >= 11 is 9.67.